The number of hydrogen-bond donors (Lipinski definition) is 0. The van der Waals surface area contributed by atoms with Gasteiger partial charge in [-0.1, -0.05) is 11.6 Å². The molecular weight excluding hydrogens is 355 g/mol. The molecule has 3 aromatic rings. The quantitative estimate of drug-likeness (QED) is 0.586. The van der Waals surface area contributed by atoms with Gasteiger partial charge in [0.1, 0.15) is 5.75 Å². The van der Waals surface area contributed by atoms with E-state index in [1.807, 2.05) is 0 Å². The molecular formula is C18H13ClF3NO2. The molecule has 0 radical (unpaired) electrons. The fourth-order valence-electron chi connectivity index (χ4n) is 2.90. The van der Waals surface area contributed by atoms with E-state index in [0.29, 0.717) is 5.75 Å². The number of carbonyl (C=O) groups is 1. The van der Waals surface area contributed by atoms with E-state index in [9.17, 15) is 18.0 Å². The molecule has 3 rings (SSSR count). The van der Waals surface area contributed by atoms with E-state index in [1.54, 1.807) is 12.1 Å². The van der Waals surface area contributed by atoms with Crippen molar-refractivity contribution in [1.82, 2.24) is 4.57 Å². The van der Waals surface area contributed by atoms with Crippen molar-refractivity contribution in [3.8, 4) is 17.0 Å². The van der Waals surface area contributed by atoms with Gasteiger partial charge in [-0.2, -0.15) is 13.2 Å². The number of benzene rings is 2. The van der Waals surface area contributed by atoms with Crippen LogP contribution in [0.4, 0.5) is 13.2 Å². The third-order valence-corrected chi connectivity index (χ3v) is 4.13. The molecule has 0 aliphatic heterocycles. The molecule has 0 aliphatic carbocycles. The maximum absolute atomic E-state index is 13.8. The third-order valence-electron chi connectivity index (χ3n) is 3.89. The maximum Gasteiger partial charge on any atom is 0.419 e. The lowest BCUT2D eigenvalue weighted by molar-refractivity contribution is -0.135. The van der Waals surface area contributed by atoms with E-state index in [1.165, 1.54) is 44.4 Å². The van der Waals surface area contributed by atoms with Crippen LogP contribution < -0.4 is 4.74 Å². The minimum atomic E-state index is -4.65. The molecule has 3 nitrogen and oxygen atoms in total. The van der Waals surface area contributed by atoms with E-state index in [2.05, 4.69) is 0 Å². The number of ether oxygens (including phenoxy) is 1. The van der Waals surface area contributed by atoms with E-state index < -0.39 is 17.6 Å². The Kier molecular flexibility index (Phi) is 4.24. The molecule has 0 atom stereocenters. The molecule has 0 unspecified atom stereocenters. The lowest BCUT2D eigenvalue weighted by atomic mass is 10.0. The normalized spacial score (nSPS) is 11.8. The number of methoxy groups -OCH3 is 1. The molecule has 25 heavy (non-hydrogen) atoms. The first kappa shape index (κ1) is 17.4. The predicted molar refractivity (Wildman–Crippen MR) is 90.2 cm³/mol. The highest BCUT2D eigenvalue weighted by molar-refractivity contribution is 6.31. The van der Waals surface area contributed by atoms with Gasteiger partial charge in [0.2, 0.25) is 5.91 Å². The lowest BCUT2D eigenvalue weighted by Crippen LogP contribution is -2.11. The number of nitrogens with zero attached hydrogens (tertiary/aromatic N) is 1. The van der Waals surface area contributed by atoms with E-state index in [4.69, 9.17) is 16.3 Å². The van der Waals surface area contributed by atoms with E-state index in [-0.39, 0.29) is 27.2 Å². The first-order valence-electron chi connectivity index (χ1n) is 7.30. The zero-order valence-corrected chi connectivity index (χ0v) is 14.1. The fourth-order valence-corrected chi connectivity index (χ4v) is 3.07. The molecule has 0 aliphatic rings. The van der Waals surface area contributed by atoms with Crippen molar-refractivity contribution in [1.29, 1.82) is 0 Å². The van der Waals surface area contributed by atoms with Crippen molar-refractivity contribution in [3.63, 3.8) is 0 Å². The van der Waals surface area contributed by atoms with Crippen LogP contribution in [0.3, 0.4) is 0 Å². The van der Waals surface area contributed by atoms with Crippen molar-refractivity contribution >= 4 is 28.4 Å². The molecule has 2 aromatic carbocycles. The smallest absolute Gasteiger partial charge is 0.419 e. The summed E-state index contributed by atoms with van der Waals surface area (Å²) in [5, 5.41) is 0.0565. The van der Waals surface area contributed by atoms with Crippen LogP contribution >= 0.6 is 11.6 Å². The number of hydrogen-bond acceptors (Lipinski definition) is 2. The molecule has 0 bridgehead atoms. The highest BCUT2D eigenvalue weighted by Gasteiger charge is 2.39. The van der Waals surface area contributed by atoms with Gasteiger partial charge in [-0.05, 0) is 48.0 Å². The van der Waals surface area contributed by atoms with E-state index in [0.717, 1.165) is 4.57 Å². The Hall–Kier alpha value is -2.47. The summed E-state index contributed by atoms with van der Waals surface area (Å²) in [7, 11) is 1.46. The summed E-state index contributed by atoms with van der Waals surface area (Å²) in [4.78, 5) is 12.1. The Labute approximate surface area is 146 Å². The summed E-state index contributed by atoms with van der Waals surface area (Å²) in [5.74, 6) is -0.0144. The topological polar surface area (TPSA) is 31.2 Å². The first-order chi connectivity index (χ1) is 11.7. The number of halogens is 4. The Morgan fingerprint density at radius 2 is 1.76 bits per heavy atom. The zero-order chi connectivity index (χ0) is 18.4. The monoisotopic (exact) mass is 367 g/mol. The van der Waals surface area contributed by atoms with Crippen LogP contribution in [0.5, 0.6) is 5.75 Å². The van der Waals surface area contributed by atoms with E-state index >= 15 is 0 Å². The van der Waals surface area contributed by atoms with Gasteiger partial charge in [-0.3, -0.25) is 9.36 Å². The molecule has 0 saturated heterocycles. The number of aromatic nitrogens is 1. The summed E-state index contributed by atoms with van der Waals surface area (Å²) in [6.07, 6.45) is -4.65. The van der Waals surface area contributed by atoms with Gasteiger partial charge in [0, 0.05) is 17.3 Å². The predicted octanol–water partition coefficient (Wildman–Crippen LogP) is 5.65. The van der Waals surface area contributed by atoms with Gasteiger partial charge in [0.15, 0.2) is 0 Å². The molecule has 0 spiro atoms. The van der Waals surface area contributed by atoms with Crippen LogP contribution in [0.1, 0.15) is 17.3 Å². The Morgan fingerprint density at radius 3 is 2.28 bits per heavy atom. The second-order valence-electron chi connectivity index (χ2n) is 5.47. The molecule has 130 valence electrons. The summed E-state index contributed by atoms with van der Waals surface area (Å²) in [5.41, 5.74) is -0.670. The van der Waals surface area contributed by atoms with Gasteiger partial charge < -0.3 is 4.74 Å². The molecule has 0 saturated carbocycles. The van der Waals surface area contributed by atoms with Gasteiger partial charge >= 0.3 is 6.18 Å². The Balaban J connectivity index is 2.46. The lowest BCUT2D eigenvalue weighted by Gasteiger charge is -2.12. The average molecular weight is 368 g/mol. The third kappa shape index (κ3) is 2.98. The van der Waals surface area contributed by atoms with Gasteiger partial charge in [-0.15, -0.1) is 0 Å². The molecule has 0 amide bonds. The maximum atomic E-state index is 13.8. The minimum absolute atomic E-state index is 0.110. The van der Waals surface area contributed by atoms with Crippen LogP contribution in [0.15, 0.2) is 42.5 Å². The van der Waals surface area contributed by atoms with Crippen LogP contribution in [0.2, 0.25) is 5.02 Å². The number of fused-ring (bicyclic) bond motifs is 1. The molecule has 7 heteroatoms. The number of rotatable bonds is 2. The Bertz CT molecular complexity index is 959. The second-order valence-corrected chi connectivity index (χ2v) is 5.90. The Morgan fingerprint density at radius 1 is 1.12 bits per heavy atom. The largest absolute Gasteiger partial charge is 0.497 e. The van der Waals surface area contributed by atoms with Gasteiger partial charge in [0.25, 0.3) is 0 Å². The van der Waals surface area contributed by atoms with Crippen LogP contribution in [0.25, 0.3) is 22.2 Å². The highest BCUT2D eigenvalue weighted by Crippen LogP contribution is 2.44. The summed E-state index contributed by atoms with van der Waals surface area (Å²) >= 11 is 5.89. The second kappa shape index (κ2) is 6.11. The molecule has 0 N–H and O–H groups in total. The summed E-state index contributed by atoms with van der Waals surface area (Å²) in [6.45, 7) is 1.22. The van der Waals surface area contributed by atoms with Crippen molar-refractivity contribution in [2.75, 3.05) is 7.11 Å². The highest BCUT2D eigenvalue weighted by atomic mass is 35.5. The zero-order valence-electron chi connectivity index (χ0n) is 13.3. The van der Waals surface area contributed by atoms with Crippen molar-refractivity contribution in [2.24, 2.45) is 0 Å². The summed E-state index contributed by atoms with van der Waals surface area (Å²) < 4.78 is 47.6. The number of alkyl halides is 3. The molecule has 1 heterocycles. The molecule has 0 fully saturated rings. The SMILES string of the molecule is COc1ccc(-c2c(C(F)(F)F)c3cc(Cl)ccc3n2C(C)=O)cc1. The molecule has 1 aromatic heterocycles. The minimum Gasteiger partial charge on any atom is -0.497 e. The van der Waals surface area contributed by atoms with Crippen LogP contribution in [-0.2, 0) is 6.18 Å². The van der Waals surface area contributed by atoms with Gasteiger partial charge in [0.05, 0.1) is 23.9 Å². The van der Waals surface area contributed by atoms with Crippen LogP contribution in [-0.4, -0.2) is 17.6 Å². The van der Waals surface area contributed by atoms with Crippen LogP contribution in [0, 0.1) is 0 Å². The van der Waals surface area contributed by atoms with Crippen molar-refractivity contribution in [2.45, 2.75) is 13.1 Å². The average Bonchev–Trinajstić information content (AvgIpc) is 2.89. The number of carbonyl (C=O) groups excluding carboxylic acids is 1. The van der Waals surface area contributed by atoms with Crippen molar-refractivity contribution in [3.05, 3.63) is 53.1 Å². The van der Waals surface area contributed by atoms with Gasteiger partial charge in [-0.25, -0.2) is 0 Å². The van der Waals surface area contributed by atoms with Crippen molar-refractivity contribution < 1.29 is 22.7 Å². The standard InChI is InChI=1S/C18H13ClF3NO2/c1-10(24)23-15-8-5-12(19)9-14(15)16(18(20,21)22)17(23)11-3-6-13(25-2)7-4-11/h3-9H,1-2H3. The fraction of sp³-hybridized carbons (Fsp3) is 0.167. The first-order valence-corrected chi connectivity index (χ1v) is 7.68. The summed E-state index contributed by atoms with van der Waals surface area (Å²) in [6, 6.07) is 10.2.